The highest BCUT2D eigenvalue weighted by atomic mass is 15.0. The lowest BCUT2D eigenvalue weighted by Gasteiger charge is -2.28. The van der Waals surface area contributed by atoms with Crippen LogP contribution in [0.1, 0.15) is 33.4 Å². The zero-order valence-corrected chi connectivity index (χ0v) is 32.6. The van der Waals surface area contributed by atoms with Crippen molar-refractivity contribution in [2.75, 3.05) is 16.0 Å². The number of fused-ring (bicyclic) bond motifs is 6. The standard InChI is InChI=1S/C51H24N12/c52-22-28(23-53)43-31-10-1-4-16-37(31)58-40-19-7-13-34(46(40)43)49-61-50(35-14-8-20-41-47(35)44(29(24-54)25-55)32-11-2-5-17-38(32)59-41)63-51(62-49)36-15-9-21-42-48(36)45(30(26-56)27-57)33-12-3-6-18-39(33)60-42/h1-21,58-60H. The number of para-hydroxylation sites is 3. The second-order valence-corrected chi connectivity index (χ2v) is 14.4. The molecule has 12 nitrogen and oxygen atoms in total. The van der Waals surface area contributed by atoms with Gasteiger partial charge in [0.2, 0.25) is 0 Å². The second kappa shape index (κ2) is 14.9. The fourth-order valence-electron chi connectivity index (χ4n) is 8.53. The van der Waals surface area contributed by atoms with Crippen molar-refractivity contribution in [2.45, 2.75) is 0 Å². The van der Waals surface area contributed by atoms with Crippen LogP contribution in [0, 0.1) is 68.0 Å². The van der Waals surface area contributed by atoms with Crippen molar-refractivity contribution in [2.24, 2.45) is 0 Å². The van der Waals surface area contributed by atoms with E-state index in [9.17, 15) is 31.6 Å². The van der Waals surface area contributed by atoms with Gasteiger partial charge in [-0.25, -0.2) is 15.0 Å². The molecule has 0 spiro atoms. The van der Waals surface area contributed by atoms with Crippen LogP contribution in [-0.2, 0) is 0 Å². The molecule has 0 saturated heterocycles. The highest BCUT2D eigenvalue weighted by molar-refractivity contribution is 6.07. The van der Waals surface area contributed by atoms with Gasteiger partial charge in [0.05, 0.1) is 0 Å². The van der Waals surface area contributed by atoms with Gasteiger partial charge in [0.1, 0.15) is 53.1 Å². The predicted octanol–water partition coefficient (Wildman–Crippen LogP) is 10.6. The molecular formula is C51H24N12. The lowest BCUT2D eigenvalue weighted by Crippen LogP contribution is -2.12. The summed E-state index contributed by atoms with van der Waals surface area (Å²) in [7, 11) is 0. The molecule has 63 heavy (non-hydrogen) atoms. The quantitative estimate of drug-likeness (QED) is 0.142. The molecule has 7 aromatic rings. The third-order valence-electron chi connectivity index (χ3n) is 11.1. The molecule has 6 aromatic carbocycles. The van der Waals surface area contributed by atoms with Crippen molar-refractivity contribution in [1.82, 2.24) is 15.0 Å². The molecular weight excluding hydrogens is 781 g/mol. The molecule has 0 bridgehead atoms. The number of rotatable bonds is 3. The first-order valence-corrected chi connectivity index (χ1v) is 19.4. The number of nitrogens with zero attached hydrogens (tertiary/aromatic N) is 9. The van der Waals surface area contributed by atoms with Gasteiger partial charge in [-0.05, 0) is 36.4 Å². The molecule has 0 aliphatic carbocycles. The molecule has 10 rings (SSSR count). The third kappa shape index (κ3) is 5.83. The minimum atomic E-state index is -0.110. The molecule has 3 N–H and O–H groups in total. The van der Waals surface area contributed by atoms with Crippen LogP contribution >= 0.6 is 0 Å². The van der Waals surface area contributed by atoms with E-state index in [2.05, 4.69) is 52.4 Å². The minimum absolute atomic E-state index is 0.110. The first kappa shape index (κ1) is 37.2. The summed E-state index contributed by atoms with van der Waals surface area (Å²) < 4.78 is 0. The van der Waals surface area contributed by atoms with E-state index in [1.165, 1.54) is 0 Å². The lowest BCUT2D eigenvalue weighted by atomic mass is 9.84. The van der Waals surface area contributed by atoms with Crippen molar-refractivity contribution in [3.63, 3.8) is 0 Å². The zero-order chi connectivity index (χ0) is 43.2. The first-order valence-electron chi connectivity index (χ1n) is 19.4. The number of nitrogens with one attached hydrogen (secondary N) is 3. The number of benzene rings is 6. The molecule has 0 saturated carbocycles. The maximum atomic E-state index is 10.4. The van der Waals surface area contributed by atoms with Gasteiger partial charge in [-0.15, -0.1) is 0 Å². The van der Waals surface area contributed by atoms with Crippen LogP contribution in [0.4, 0.5) is 34.1 Å². The lowest BCUT2D eigenvalue weighted by molar-refractivity contribution is 1.07. The molecule has 0 radical (unpaired) electrons. The summed E-state index contributed by atoms with van der Waals surface area (Å²) in [5.74, 6) is 0.505. The van der Waals surface area contributed by atoms with Crippen molar-refractivity contribution in [1.29, 1.82) is 31.6 Å². The second-order valence-electron chi connectivity index (χ2n) is 14.4. The summed E-state index contributed by atoms with van der Waals surface area (Å²) in [5, 5.41) is 72.5. The van der Waals surface area contributed by atoms with Gasteiger partial charge >= 0.3 is 0 Å². The Labute approximate surface area is 360 Å². The van der Waals surface area contributed by atoms with Gasteiger partial charge in [0.25, 0.3) is 0 Å². The Hall–Kier alpha value is -10.1. The Morgan fingerprint density at radius 1 is 0.302 bits per heavy atom. The molecule has 288 valence electrons. The van der Waals surface area contributed by atoms with E-state index in [0.29, 0.717) is 101 Å². The summed E-state index contributed by atoms with van der Waals surface area (Å²) in [4.78, 5) is 15.5. The molecule has 0 amide bonds. The number of hydrogen-bond acceptors (Lipinski definition) is 12. The van der Waals surface area contributed by atoms with Crippen molar-refractivity contribution in [3.05, 3.63) is 177 Å². The number of anilines is 6. The molecule has 4 heterocycles. The smallest absolute Gasteiger partial charge is 0.164 e. The average molecular weight is 805 g/mol. The topological polar surface area (TPSA) is 218 Å². The Kier molecular flexibility index (Phi) is 8.81. The average Bonchev–Trinajstić information content (AvgIpc) is 3.33. The number of allylic oxidation sites excluding steroid dienone is 3. The molecule has 0 fully saturated rings. The molecule has 3 aliphatic heterocycles. The van der Waals surface area contributed by atoms with E-state index < -0.39 is 0 Å². The molecule has 0 atom stereocenters. The normalized spacial score (nSPS) is 12.0. The number of hydrogen-bond donors (Lipinski definition) is 3. The van der Waals surface area contributed by atoms with Gasteiger partial charge in [-0.2, -0.15) is 31.6 Å². The summed E-state index contributed by atoms with van der Waals surface area (Å²) in [6.45, 7) is 0. The fraction of sp³-hybridized carbons (Fsp3) is 0. The van der Waals surface area contributed by atoms with Gasteiger partial charge in [-0.1, -0.05) is 91.0 Å². The van der Waals surface area contributed by atoms with Crippen molar-refractivity contribution >= 4 is 50.8 Å². The fourth-order valence-corrected chi connectivity index (χ4v) is 8.53. The summed E-state index contributed by atoms with van der Waals surface area (Å²) in [6.07, 6.45) is 0. The Morgan fingerprint density at radius 2 is 0.540 bits per heavy atom. The van der Waals surface area contributed by atoms with Crippen LogP contribution in [-0.4, -0.2) is 15.0 Å². The van der Waals surface area contributed by atoms with E-state index in [1.807, 2.05) is 127 Å². The molecule has 12 heteroatoms. The van der Waals surface area contributed by atoms with Crippen LogP contribution in [0.25, 0.3) is 50.9 Å². The monoisotopic (exact) mass is 804 g/mol. The van der Waals surface area contributed by atoms with E-state index in [-0.39, 0.29) is 34.2 Å². The highest BCUT2D eigenvalue weighted by Crippen LogP contribution is 2.50. The van der Waals surface area contributed by atoms with Gasteiger partial charge < -0.3 is 16.0 Å². The summed E-state index contributed by atoms with van der Waals surface area (Å²) in [5.41, 5.74) is 9.69. The zero-order valence-electron chi connectivity index (χ0n) is 32.6. The van der Waals surface area contributed by atoms with Crippen molar-refractivity contribution < 1.29 is 0 Å². The van der Waals surface area contributed by atoms with E-state index in [0.717, 1.165) is 0 Å². The summed E-state index contributed by atoms with van der Waals surface area (Å²) >= 11 is 0. The van der Waals surface area contributed by atoms with Crippen LogP contribution in [0.5, 0.6) is 0 Å². The Bertz CT molecular complexity index is 3130. The van der Waals surface area contributed by atoms with E-state index >= 15 is 0 Å². The Balaban J connectivity index is 1.32. The maximum Gasteiger partial charge on any atom is 0.164 e. The predicted molar refractivity (Wildman–Crippen MR) is 237 cm³/mol. The minimum Gasteiger partial charge on any atom is -0.354 e. The Morgan fingerprint density at radius 3 is 0.810 bits per heavy atom. The summed E-state index contributed by atoms with van der Waals surface area (Å²) in [6, 6.07) is 51.3. The maximum absolute atomic E-state index is 10.4. The molecule has 1 aromatic heterocycles. The van der Waals surface area contributed by atoms with E-state index in [4.69, 9.17) is 15.0 Å². The van der Waals surface area contributed by atoms with Gasteiger partial charge in [-0.3, -0.25) is 0 Å². The SMILES string of the molecule is N#CC(C#N)=C1c2ccccc2Nc2cccc(-c3nc(-c4cccc5c4C(=C(C#N)C#N)c4ccccc4N5)nc(-c4cccc5c4C(=C(C#N)C#N)c4ccccc4N5)n3)c21. The highest BCUT2D eigenvalue weighted by Gasteiger charge is 2.32. The van der Waals surface area contributed by atoms with Gasteiger partial charge in [0, 0.05) is 101 Å². The van der Waals surface area contributed by atoms with Crippen LogP contribution in [0.15, 0.2) is 144 Å². The van der Waals surface area contributed by atoms with Gasteiger partial charge in [0.15, 0.2) is 17.5 Å². The van der Waals surface area contributed by atoms with Crippen LogP contribution in [0.2, 0.25) is 0 Å². The third-order valence-corrected chi connectivity index (χ3v) is 11.1. The van der Waals surface area contributed by atoms with E-state index in [1.54, 1.807) is 0 Å². The molecule has 0 unspecified atom stereocenters. The van der Waals surface area contributed by atoms with Crippen molar-refractivity contribution in [3.8, 4) is 70.6 Å². The number of aromatic nitrogens is 3. The van der Waals surface area contributed by atoms with Crippen LogP contribution in [0.3, 0.4) is 0 Å². The first-order chi connectivity index (χ1) is 31.0. The number of nitriles is 6. The largest absolute Gasteiger partial charge is 0.354 e. The van der Waals surface area contributed by atoms with Crippen LogP contribution < -0.4 is 16.0 Å². The molecule has 3 aliphatic rings.